The van der Waals surface area contributed by atoms with E-state index in [-0.39, 0.29) is 6.03 Å². The lowest BCUT2D eigenvalue weighted by molar-refractivity contribution is -0.148. The summed E-state index contributed by atoms with van der Waals surface area (Å²) in [5.74, 6) is -0.361. The van der Waals surface area contributed by atoms with Gasteiger partial charge in [-0.2, -0.15) is 0 Å². The van der Waals surface area contributed by atoms with E-state index in [0.717, 1.165) is 32.5 Å². The molecule has 3 rings (SSSR count). The zero-order valence-corrected chi connectivity index (χ0v) is 12.7. The van der Waals surface area contributed by atoms with E-state index in [4.69, 9.17) is 0 Å². The number of piperidine rings is 2. The number of aliphatic carboxylic acids is 1. The Morgan fingerprint density at radius 2 is 1.95 bits per heavy atom. The number of urea groups is 1. The van der Waals surface area contributed by atoms with Crippen molar-refractivity contribution in [2.75, 3.05) is 26.7 Å². The molecule has 2 amide bonds. The van der Waals surface area contributed by atoms with E-state index in [2.05, 4.69) is 17.3 Å². The third-order valence-corrected chi connectivity index (χ3v) is 5.60. The molecule has 3 aliphatic rings. The predicted molar refractivity (Wildman–Crippen MR) is 78.1 cm³/mol. The number of hydrogen-bond acceptors (Lipinski definition) is 3. The highest BCUT2D eigenvalue weighted by molar-refractivity contribution is 5.87. The minimum Gasteiger partial charge on any atom is -0.480 e. The number of fused-ring (bicyclic) bond motifs is 1. The van der Waals surface area contributed by atoms with Crippen molar-refractivity contribution in [3.63, 3.8) is 0 Å². The molecule has 1 aliphatic carbocycles. The van der Waals surface area contributed by atoms with Gasteiger partial charge < -0.3 is 20.2 Å². The normalized spacial score (nSPS) is 32.0. The average Bonchev–Trinajstić information content (AvgIpc) is 2.42. The lowest BCUT2D eigenvalue weighted by Gasteiger charge is -2.47. The number of carboxylic acid groups (broad SMARTS) is 1. The fraction of sp³-hybridized carbons (Fsp3) is 0.867. The Morgan fingerprint density at radius 3 is 2.57 bits per heavy atom. The molecule has 3 fully saturated rings. The minimum absolute atomic E-state index is 0.191. The maximum atomic E-state index is 12.4. The molecule has 6 nitrogen and oxygen atoms in total. The lowest BCUT2D eigenvalue weighted by Crippen LogP contribution is -2.63. The molecule has 0 aromatic heterocycles. The van der Waals surface area contributed by atoms with Crippen LogP contribution >= 0.6 is 0 Å². The fourth-order valence-corrected chi connectivity index (χ4v) is 4.04. The molecule has 2 unspecified atom stereocenters. The second-order valence-corrected chi connectivity index (χ2v) is 6.86. The summed E-state index contributed by atoms with van der Waals surface area (Å²) in [6.45, 7) is 2.64. The fourth-order valence-electron chi connectivity index (χ4n) is 4.04. The molecule has 0 spiro atoms. The topological polar surface area (TPSA) is 72.9 Å². The zero-order valence-electron chi connectivity index (χ0n) is 12.7. The SMILES string of the molecule is CN1CCCC2CN(C(=O)NC3(C(=O)O)CCC3)CCC21. The van der Waals surface area contributed by atoms with Gasteiger partial charge in [-0.25, -0.2) is 9.59 Å². The molecule has 21 heavy (non-hydrogen) atoms. The standard InChI is InChI=1S/C15H25N3O3/c1-17-8-2-4-11-10-18(9-5-12(11)17)14(21)16-15(13(19)20)6-3-7-15/h11-12H,2-10H2,1H3,(H,16,21)(H,19,20). The van der Waals surface area contributed by atoms with Crippen LogP contribution in [0.15, 0.2) is 0 Å². The van der Waals surface area contributed by atoms with Gasteiger partial charge in [-0.05, 0) is 58.0 Å². The van der Waals surface area contributed by atoms with Crippen LogP contribution in [0.4, 0.5) is 4.79 Å². The molecule has 2 atom stereocenters. The number of amides is 2. The van der Waals surface area contributed by atoms with Crippen LogP contribution in [0.5, 0.6) is 0 Å². The van der Waals surface area contributed by atoms with Gasteiger partial charge >= 0.3 is 12.0 Å². The monoisotopic (exact) mass is 295 g/mol. The summed E-state index contributed by atoms with van der Waals surface area (Å²) in [5.41, 5.74) is -1.00. The first kappa shape index (κ1) is 14.6. The van der Waals surface area contributed by atoms with E-state index in [1.807, 2.05) is 4.90 Å². The second-order valence-electron chi connectivity index (χ2n) is 6.86. The molecule has 2 saturated heterocycles. The molecule has 0 bridgehead atoms. The first-order valence-corrected chi connectivity index (χ1v) is 8.02. The van der Waals surface area contributed by atoms with Gasteiger partial charge in [0.1, 0.15) is 5.54 Å². The van der Waals surface area contributed by atoms with E-state index in [9.17, 15) is 14.7 Å². The largest absolute Gasteiger partial charge is 0.480 e. The van der Waals surface area contributed by atoms with Crippen LogP contribution in [0.1, 0.15) is 38.5 Å². The number of rotatable bonds is 2. The molecule has 1 saturated carbocycles. The molecular formula is C15H25N3O3. The Hall–Kier alpha value is -1.30. The van der Waals surface area contributed by atoms with Crippen LogP contribution in [0.3, 0.4) is 0 Å². The summed E-state index contributed by atoms with van der Waals surface area (Å²) < 4.78 is 0. The van der Waals surface area contributed by atoms with Crippen LogP contribution in [-0.2, 0) is 4.79 Å². The van der Waals surface area contributed by atoms with E-state index >= 15 is 0 Å². The summed E-state index contributed by atoms with van der Waals surface area (Å²) in [4.78, 5) is 28.0. The zero-order chi connectivity index (χ0) is 15.0. The van der Waals surface area contributed by atoms with E-state index in [1.165, 1.54) is 12.8 Å². The highest BCUT2D eigenvalue weighted by Gasteiger charge is 2.47. The number of carboxylic acids is 1. The Bertz CT molecular complexity index is 436. The Labute approximate surface area is 125 Å². The van der Waals surface area contributed by atoms with Crippen molar-refractivity contribution in [1.82, 2.24) is 15.1 Å². The number of hydrogen-bond donors (Lipinski definition) is 2. The van der Waals surface area contributed by atoms with Crippen molar-refractivity contribution >= 4 is 12.0 Å². The maximum Gasteiger partial charge on any atom is 0.329 e. The number of nitrogens with zero attached hydrogens (tertiary/aromatic N) is 2. The molecular weight excluding hydrogens is 270 g/mol. The Balaban J connectivity index is 1.60. The van der Waals surface area contributed by atoms with Crippen molar-refractivity contribution in [1.29, 1.82) is 0 Å². The third kappa shape index (κ3) is 2.61. The van der Waals surface area contributed by atoms with Crippen LogP contribution in [0.25, 0.3) is 0 Å². The average molecular weight is 295 g/mol. The maximum absolute atomic E-state index is 12.4. The smallest absolute Gasteiger partial charge is 0.329 e. The molecule has 0 aromatic rings. The van der Waals surface area contributed by atoms with Crippen LogP contribution in [-0.4, -0.2) is 65.2 Å². The summed E-state index contributed by atoms with van der Waals surface area (Å²) in [6, 6.07) is 0.392. The molecule has 118 valence electrons. The molecule has 6 heteroatoms. The number of carbonyl (C=O) groups is 2. The Morgan fingerprint density at radius 1 is 1.19 bits per heavy atom. The molecule has 0 radical (unpaired) electrons. The molecule has 2 aliphatic heterocycles. The van der Waals surface area contributed by atoms with Gasteiger partial charge in [0.25, 0.3) is 0 Å². The number of nitrogens with one attached hydrogen (secondary N) is 1. The van der Waals surface area contributed by atoms with E-state index in [0.29, 0.717) is 24.8 Å². The number of carbonyl (C=O) groups excluding carboxylic acids is 1. The minimum atomic E-state index is -1.00. The van der Waals surface area contributed by atoms with Gasteiger partial charge in [0.05, 0.1) is 0 Å². The second kappa shape index (κ2) is 5.48. The summed E-state index contributed by atoms with van der Waals surface area (Å²) in [6.07, 6.45) is 5.33. The highest BCUT2D eigenvalue weighted by Crippen LogP contribution is 2.33. The quantitative estimate of drug-likeness (QED) is 0.801. The summed E-state index contributed by atoms with van der Waals surface area (Å²) in [7, 11) is 2.17. The van der Waals surface area contributed by atoms with Crippen molar-refractivity contribution in [3.8, 4) is 0 Å². The van der Waals surface area contributed by atoms with Crippen molar-refractivity contribution < 1.29 is 14.7 Å². The molecule has 0 aromatic carbocycles. The van der Waals surface area contributed by atoms with Gasteiger partial charge in [0.15, 0.2) is 0 Å². The summed E-state index contributed by atoms with van der Waals surface area (Å²) >= 11 is 0. The van der Waals surface area contributed by atoms with Crippen LogP contribution < -0.4 is 5.32 Å². The number of likely N-dealkylation sites (tertiary alicyclic amines) is 2. The van der Waals surface area contributed by atoms with Crippen molar-refractivity contribution in [2.24, 2.45) is 5.92 Å². The molecule has 2 heterocycles. The van der Waals surface area contributed by atoms with E-state index < -0.39 is 11.5 Å². The van der Waals surface area contributed by atoms with Crippen LogP contribution in [0.2, 0.25) is 0 Å². The van der Waals surface area contributed by atoms with Crippen molar-refractivity contribution in [2.45, 2.75) is 50.1 Å². The Kier molecular flexibility index (Phi) is 3.82. The van der Waals surface area contributed by atoms with Gasteiger partial charge in [-0.3, -0.25) is 0 Å². The summed E-state index contributed by atoms with van der Waals surface area (Å²) in [5, 5.41) is 12.1. The molecule has 2 N–H and O–H groups in total. The third-order valence-electron chi connectivity index (χ3n) is 5.60. The van der Waals surface area contributed by atoms with Crippen LogP contribution in [0, 0.1) is 5.92 Å². The predicted octanol–water partition coefficient (Wildman–Crippen LogP) is 1.12. The van der Waals surface area contributed by atoms with Gasteiger partial charge in [0, 0.05) is 19.1 Å². The first-order chi connectivity index (χ1) is 10.0. The van der Waals surface area contributed by atoms with Crippen molar-refractivity contribution in [3.05, 3.63) is 0 Å². The van der Waals surface area contributed by atoms with E-state index in [1.54, 1.807) is 0 Å². The van der Waals surface area contributed by atoms with Gasteiger partial charge in [0.2, 0.25) is 0 Å². The van der Waals surface area contributed by atoms with Gasteiger partial charge in [-0.1, -0.05) is 0 Å². The lowest BCUT2D eigenvalue weighted by atomic mass is 9.77. The highest BCUT2D eigenvalue weighted by atomic mass is 16.4. The van der Waals surface area contributed by atoms with Gasteiger partial charge in [-0.15, -0.1) is 0 Å². The first-order valence-electron chi connectivity index (χ1n) is 8.02.